The van der Waals surface area contributed by atoms with E-state index in [1.54, 1.807) is 6.92 Å². The molecular weight excluding hydrogens is 452 g/mol. The number of nitrogens with one attached hydrogen (secondary N) is 1. The zero-order valence-corrected chi connectivity index (χ0v) is 19.1. The number of nitrogens with two attached hydrogens (primary N) is 1. The fourth-order valence-electron chi connectivity index (χ4n) is 3.27. The molecule has 0 saturated heterocycles. The molecule has 3 rings (SSSR count). The van der Waals surface area contributed by atoms with Crippen LogP contribution in [0, 0.1) is 5.82 Å². The van der Waals surface area contributed by atoms with Gasteiger partial charge in [0.05, 0.1) is 18.4 Å². The first-order valence-corrected chi connectivity index (χ1v) is 10.8. The van der Waals surface area contributed by atoms with E-state index in [9.17, 15) is 18.4 Å². The third-order valence-corrected chi connectivity index (χ3v) is 5.99. The number of carbonyl (C=O) groups is 2. The monoisotopic (exact) mass is 475 g/mol. The van der Waals surface area contributed by atoms with Gasteiger partial charge in [-0.05, 0) is 44.0 Å². The highest BCUT2D eigenvalue weighted by atomic mass is 32.2. The molecule has 1 amide bonds. The van der Waals surface area contributed by atoms with E-state index in [2.05, 4.69) is 20.3 Å². The second kappa shape index (κ2) is 10.1. The van der Waals surface area contributed by atoms with Crippen LogP contribution in [0.4, 0.5) is 8.78 Å². The zero-order chi connectivity index (χ0) is 24.2. The number of aliphatic imine (C=N–C) groups is 1. The number of hydrogen-bond donors (Lipinski definition) is 2. The second-order valence-electron chi connectivity index (χ2n) is 7.60. The number of nitrogens with zero attached hydrogens (tertiary/aromatic N) is 3. The molecule has 0 saturated carbocycles. The molecule has 33 heavy (non-hydrogen) atoms. The summed E-state index contributed by atoms with van der Waals surface area (Å²) in [6.45, 7) is 2.93. The van der Waals surface area contributed by atoms with E-state index in [0.717, 1.165) is 11.8 Å². The molecule has 174 valence electrons. The van der Waals surface area contributed by atoms with Gasteiger partial charge in [0.15, 0.2) is 16.8 Å². The van der Waals surface area contributed by atoms with Crippen LogP contribution in [0.15, 0.2) is 35.6 Å². The van der Waals surface area contributed by atoms with Crippen molar-refractivity contribution in [2.45, 2.75) is 31.1 Å². The highest BCUT2D eigenvalue weighted by Crippen LogP contribution is 2.42. The lowest BCUT2D eigenvalue weighted by atomic mass is 9.93. The highest BCUT2D eigenvalue weighted by Gasteiger charge is 2.41. The Kier molecular flexibility index (Phi) is 7.42. The van der Waals surface area contributed by atoms with E-state index in [0.29, 0.717) is 5.56 Å². The molecule has 0 radical (unpaired) electrons. The lowest BCUT2D eigenvalue weighted by molar-refractivity contribution is -0.123. The van der Waals surface area contributed by atoms with Crippen molar-refractivity contribution in [1.82, 2.24) is 15.3 Å². The number of carbonyl (C=O) groups excluding carboxylic acids is 2. The largest absolute Gasteiger partial charge is 0.469 e. The van der Waals surface area contributed by atoms with Crippen molar-refractivity contribution in [3.63, 3.8) is 0 Å². The molecule has 2 heterocycles. The minimum Gasteiger partial charge on any atom is -0.469 e. The van der Waals surface area contributed by atoms with Crippen LogP contribution in [0.2, 0.25) is 0 Å². The van der Waals surface area contributed by atoms with Gasteiger partial charge in [0.2, 0.25) is 11.8 Å². The number of benzene rings is 1. The van der Waals surface area contributed by atoms with Crippen LogP contribution in [-0.4, -0.2) is 45.2 Å². The maximum atomic E-state index is 14.7. The molecule has 1 aliphatic heterocycles. The lowest BCUT2D eigenvalue weighted by Gasteiger charge is -2.33. The van der Waals surface area contributed by atoms with Crippen molar-refractivity contribution in [2.24, 2.45) is 10.7 Å². The van der Waals surface area contributed by atoms with Crippen LogP contribution in [0.3, 0.4) is 0 Å². The number of halogens is 2. The van der Waals surface area contributed by atoms with Gasteiger partial charge in [-0.2, -0.15) is 0 Å². The molecule has 8 nitrogen and oxygen atoms in total. The number of rotatable bonds is 7. The molecule has 0 spiro atoms. The number of amidine groups is 1. The third kappa shape index (κ3) is 5.92. The molecular formula is C22H23F2N5O3S. The molecule has 11 heteroatoms. The number of hydrogen-bond acceptors (Lipinski definition) is 8. The van der Waals surface area contributed by atoms with E-state index in [4.69, 9.17) is 10.5 Å². The fourth-order valence-corrected chi connectivity index (χ4v) is 4.34. The second-order valence-corrected chi connectivity index (χ2v) is 9.13. The average molecular weight is 476 g/mol. The van der Waals surface area contributed by atoms with E-state index in [1.165, 1.54) is 50.6 Å². The van der Waals surface area contributed by atoms with Gasteiger partial charge in [0.25, 0.3) is 0 Å². The molecule has 3 N–H and O–H groups in total. The van der Waals surface area contributed by atoms with Crippen LogP contribution in [0.25, 0.3) is 11.9 Å². The van der Waals surface area contributed by atoms with E-state index >= 15 is 0 Å². The van der Waals surface area contributed by atoms with Gasteiger partial charge in [0.1, 0.15) is 22.9 Å². The van der Waals surface area contributed by atoms with Gasteiger partial charge in [-0.3, -0.25) is 14.6 Å². The Balaban J connectivity index is 1.85. The van der Waals surface area contributed by atoms with Crippen LogP contribution in [-0.2, 0) is 9.59 Å². The topological polar surface area (TPSA) is 120 Å². The first-order valence-electron chi connectivity index (χ1n) is 9.97. The van der Waals surface area contributed by atoms with Crippen LogP contribution in [0.5, 0.6) is 5.88 Å². The molecule has 0 fully saturated rings. The van der Waals surface area contributed by atoms with Crippen molar-refractivity contribution < 1.29 is 23.1 Å². The van der Waals surface area contributed by atoms with Gasteiger partial charge in [0, 0.05) is 12.6 Å². The van der Waals surface area contributed by atoms with E-state index in [1.807, 2.05) is 0 Å². The number of thioether (sulfide) groups is 1. The molecule has 0 aliphatic carbocycles. The Labute approximate surface area is 193 Å². The van der Waals surface area contributed by atoms with Gasteiger partial charge >= 0.3 is 0 Å². The number of ketones is 1. The lowest BCUT2D eigenvalue weighted by Crippen LogP contribution is -2.45. The summed E-state index contributed by atoms with van der Waals surface area (Å²) >= 11 is 1.12. The summed E-state index contributed by atoms with van der Waals surface area (Å²) in [7, 11) is 1.52. The molecule has 1 aliphatic rings. The maximum Gasteiger partial charge on any atom is 0.236 e. The first-order chi connectivity index (χ1) is 15.6. The molecule has 2 aromatic rings. The van der Waals surface area contributed by atoms with E-state index < -0.39 is 22.4 Å². The highest BCUT2D eigenvalue weighted by molar-refractivity contribution is 8.15. The van der Waals surface area contributed by atoms with Crippen molar-refractivity contribution in [1.29, 1.82) is 0 Å². The summed E-state index contributed by atoms with van der Waals surface area (Å²) in [5.41, 5.74) is 6.44. The summed E-state index contributed by atoms with van der Waals surface area (Å²) in [6.07, 6.45) is 3.78. The Bertz CT molecular complexity index is 1120. The summed E-state index contributed by atoms with van der Waals surface area (Å²) in [6, 6.07) is 3.39. The molecule has 1 aromatic carbocycles. The quantitative estimate of drug-likeness (QED) is 0.632. The number of ether oxygens (including phenoxy) is 1. The smallest absolute Gasteiger partial charge is 0.236 e. The predicted molar refractivity (Wildman–Crippen MR) is 123 cm³/mol. The number of Topliss-reactive ketones (excluding diaryl/α,β-unsaturated/α-hetero) is 1. The van der Waals surface area contributed by atoms with Crippen molar-refractivity contribution in [3.8, 4) is 5.88 Å². The van der Waals surface area contributed by atoms with Gasteiger partial charge in [-0.15, -0.1) is 0 Å². The maximum absolute atomic E-state index is 14.7. The molecule has 2 unspecified atom stereocenters. The van der Waals surface area contributed by atoms with Crippen LogP contribution >= 0.6 is 11.8 Å². The Morgan fingerprint density at radius 3 is 2.76 bits per heavy atom. The van der Waals surface area contributed by atoms with Crippen molar-refractivity contribution in [2.75, 3.05) is 13.7 Å². The SMILES string of the molecule is CNC(=O)C1(C)CC(c2cc(/C=C(\F)c3cnc(OCC(C)=O)cn3)ccc2F)N=C(N)S1. The summed E-state index contributed by atoms with van der Waals surface area (Å²) in [5, 5.41) is 2.77. The van der Waals surface area contributed by atoms with Gasteiger partial charge in [-0.25, -0.2) is 18.7 Å². The van der Waals surface area contributed by atoms with Crippen molar-refractivity contribution in [3.05, 3.63) is 53.2 Å². The van der Waals surface area contributed by atoms with E-state index in [-0.39, 0.29) is 47.0 Å². The number of aromatic nitrogens is 2. The predicted octanol–water partition coefficient (Wildman–Crippen LogP) is 3.05. The Morgan fingerprint density at radius 1 is 1.36 bits per heavy atom. The molecule has 1 aromatic heterocycles. The Morgan fingerprint density at radius 2 is 2.12 bits per heavy atom. The van der Waals surface area contributed by atoms with Crippen LogP contribution < -0.4 is 15.8 Å². The first kappa shape index (κ1) is 24.3. The number of amides is 1. The third-order valence-electron chi connectivity index (χ3n) is 4.87. The zero-order valence-electron chi connectivity index (χ0n) is 18.3. The van der Waals surface area contributed by atoms with Gasteiger partial charge < -0.3 is 15.8 Å². The molecule has 2 atom stereocenters. The summed E-state index contributed by atoms with van der Waals surface area (Å²) < 4.78 is 33.6. The minimum absolute atomic E-state index is 0.0560. The summed E-state index contributed by atoms with van der Waals surface area (Å²) in [5.74, 6) is -1.57. The standard InChI is InChI=1S/C22H23F2N5O3S/c1-12(30)11-32-19-10-27-18(9-28-19)16(24)7-13-4-5-15(23)14(6-13)17-8-22(2,20(31)26-3)33-21(25)29-17/h4-7,9-10,17H,8,11H2,1-3H3,(H2,25,29)(H,26,31)/b16-7-. The molecule has 0 bridgehead atoms. The van der Waals surface area contributed by atoms with Gasteiger partial charge in [-0.1, -0.05) is 17.8 Å². The van der Waals surface area contributed by atoms with Crippen LogP contribution in [0.1, 0.15) is 43.1 Å². The fraction of sp³-hybridized carbons (Fsp3) is 0.318. The average Bonchev–Trinajstić information content (AvgIpc) is 2.78. The summed E-state index contributed by atoms with van der Waals surface area (Å²) in [4.78, 5) is 35.5. The minimum atomic E-state index is -0.920. The normalized spacial score (nSPS) is 20.7. The Hall–Kier alpha value is -3.34. The van der Waals surface area contributed by atoms with Crippen molar-refractivity contribution >= 4 is 40.5 Å².